The minimum absolute atomic E-state index is 0.113. The first kappa shape index (κ1) is 17.2. The average Bonchev–Trinajstić information content (AvgIpc) is 2.42. The van der Waals surface area contributed by atoms with E-state index in [1.54, 1.807) is 6.92 Å². The van der Waals surface area contributed by atoms with E-state index in [0.29, 0.717) is 0 Å². The maximum absolute atomic E-state index is 13.7. The quantitative estimate of drug-likeness (QED) is 0.574. The molecule has 0 radical (unpaired) electrons. The van der Waals surface area contributed by atoms with Crippen molar-refractivity contribution in [2.45, 2.75) is 13.3 Å². The van der Waals surface area contributed by atoms with Crippen molar-refractivity contribution in [2.75, 3.05) is 19.7 Å². The Morgan fingerprint density at radius 2 is 2.19 bits per heavy atom. The van der Waals surface area contributed by atoms with Crippen molar-refractivity contribution in [3.8, 4) is 0 Å². The number of hydrogen-bond acceptors (Lipinski definition) is 3. The summed E-state index contributed by atoms with van der Waals surface area (Å²) in [5, 5.41) is 0.179. The number of hydrogen-bond donors (Lipinski definition) is 0. The van der Waals surface area contributed by atoms with Crippen molar-refractivity contribution in [3.05, 3.63) is 47.3 Å². The zero-order chi connectivity index (χ0) is 15.8. The molecule has 1 amide bonds. The first-order chi connectivity index (χ1) is 9.99. The summed E-state index contributed by atoms with van der Waals surface area (Å²) in [6.07, 6.45) is 1.26. The lowest BCUT2D eigenvalue weighted by molar-refractivity contribution is -0.148. The number of nitrogens with zero attached hydrogens (tertiary/aromatic N) is 1. The standard InChI is InChI=1S/C15H17ClFNO3/c1-3-8-18(10-15(20)21-4-2)14(19)9-11-12(16)6-5-7-13(11)17/h3,5-7H,1,4,8-10H2,2H3. The van der Waals surface area contributed by atoms with Crippen LogP contribution >= 0.6 is 11.6 Å². The van der Waals surface area contributed by atoms with Crippen molar-refractivity contribution in [3.63, 3.8) is 0 Å². The SMILES string of the molecule is C=CCN(CC(=O)OCC)C(=O)Cc1c(F)cccc1Cl. The molecular formula is C15H17ClFNO3. The number of carbonyl (C=O) groups excluding carboxylic acids is 2. The smallest absolute Gasteiger partial charge is 0.325 e. The highest BCUT2D eigenvalue weighted by atomic mass is 35.5. The maximum Gasteiger partial charge on any atom is 0.325 e. The Labute approximate surface area is 128 Å². The summed E-state index contributed by atoms with van der Waals surface area (Å²) in [5.41, 5.74) is 0.113. The van der Waals surface area contributed by atoms with Gasteiger partial charge in [-0.2, -0.15) is 0 Å². The summed E-state index contributed by atoms with van der Waals surface area (Å²) in [7, 11) is 0. The van der Waals surface area contributed by atoms with Crippen LogP contribution < -0.4 is 0 Å². The van der Waals surface area contributed by atoms with Crippen LogP contribution in [0.4, 0.5) is 4.39 Å². The third-order valence-electron chi connectivity index (χ3n) is 2.72. The highest BCUT2D eigenvalue weighted by molar-refractivity contribution is 6.31. The number of benzene rings is 1. The third-order valence-corrected chi connectivity index (χ3v) is 3.07. The van der Waals surface area contributed by atoms with Crippen LogP contribution in [0.25, 0.3) is 0 Å². The molecule has 0 N–H and O–H groups in total. The first-order valence-corrected chi connectivity index (χ1v) is 6.84. The van der Waals surface area contributed by atoms with E-state index in [-0.39, 0.29) is 36.7 Å². The molecule has 0 bridgehead atoms. The number of carbonyl (C=O) groups is 2. The van der Waals surface area contributed by atoms with Gasteiger partial charge in [-0.25, -0.2) is 4.39 Å². The van der Waals surface area contributed by atoms with E-state index in [1.165, 1.54) is 29.2 Å². The molecule has 0 unspecified atom stereocenters. The van der Waals surface area contributed by atoms with Gasteiger partial charge in [-0.05, 0) is 19.1 Å². The fraction of sp³-hybridized carbons (Fsp3) is 0.333. The Kier molecular flexibility index (Phi) is 6.88. The van der Waals surface area contributed by atoms with Crippen molar-refractivity contribution in [2.24, 2.45) is 0 Å². The molecule has 0 aromatic heterocycles. The van der Waals surface area contributed by atoms with Crippen LogP contribution in [0.1, 0.15) is 12.5 Å². The molecule has 0 fully saturated rings. The van der Waals surface area contributed by atoms with Gasteiger partial charge < -0.3 is 9.64 Å². The number of ether oxygens (including phenoxy) is 1. The van der Waals surface area contributed by atoms with Crippen molar-refractivity contribution in [1.29, 1.82) is 0 Å². The average molecular weight is 314 g/mol. The van der Waals surface area contributed by atoms with E-state index in [2.05, 4.69) is 6.58 Å². The second kappa shape index (κ2) is 8.42. The zero-order valence-electron chi connectivity index (χ0n) is 11.8. The Balaban J connectivity index is 2.81. The minimum atomic E-state index is -0.550. The topological polar surface area (TPSA) is 46.6 Å². The van der Waals surface area contributed by atoms with Gasteiger partial charge in [0.1, 0.15) is 12.4 Å². The molecule has 0 heterocycles. The Morgan fingerprint density at radius 3 is 2.76 bits per heavy atom. The molecule has 1 aromatic carbocycles. The van der Waals surface area contributed by atoms with Crippen molar-refractivity contribution < 1.29 is 18.7 Å². The number of rotatable bonds is 7. The molecule has 0 saturated carbocycles. The predicted octanol–water partition coefficient (Wildman–Crippen LogP) is 2.60. The molecule has 4 nitrogen and oxygen atoms in total. The minimum Gasteiger partial charge on any atom is -0.465 e. The molecule has 114 valence electrons. The van der Waals surface area contributed by atoms with Crippen LogP contribution in [0, 0.1) is 5.82 Å². The van der Waals surface area contributed by atoms with Crippen LogP contribution in [-0.4, -0.2) is 36.5 Å². The predicted molar refractivity (Wildman–Crippen MR) is 78.5 cm³/mol. The van der Waals surface area contributed by atoms with Crippen LogP contribution in [0.5, 0.6) is 0 Å². The molecule has 0 aliphatic carbocycles. The van der Waals surface area contributed by atoms with Crippen LogP contribution in [0.2, 0.25) is 5.02 Å². The van der Waals surface area contributed by atoms with E-state index < -0.39 is 17.7 Å². The van der Waals surface area contributed by atoms with Crippen molar-refractivity contribution in [1.82, 2.24) is 4.90 Å². The Hall–Kier alpha value is -1.88. The molecule has 1 aromatic rings. The summed E-state index contributed by atoms with van der Waals surface area (Å²) in [6.45, 7) is 5.41. The van der Waals surface area contributed by atoms with Gasteiger partial charge in [0, 0.05) is 17.1 Å². The molecule has 0 saturated heterocycles. The fourth-order valence-corrected chi connectivity index (χ4v) is 1.97. The van der Waals surface area contributed by atoms with Gasteiger partial charge in [0.2, 0.25) is 5.91 Å². The molecule has 0 aliphatic rings. The summed E-state index contributed by atoms with van der Waals surface area (Å²) in [5.74, 6) is -1.49. The van der Waals surface area contributed by atoms with Gasteiger partial charge in [0.15, 0.2) is 0 Å². The van der Waals surface area contributed by atoms with E-state index >= 15 is 0 Å². The van der Waals surface area contributed by atoms with E-state index in [1.807, 2.05) is 0 Å². The maximum atomic E-state index is 13.7. The summed E-state index contributed by atoms with van der Waals surface area (Å²) >= 11 is 5.89. The van der Waals surface area contributed by atoms with Crippen LogP contribution in [0.3, 0.4) is 0 Å². The fourth-order valence-electron chi connectivity index (χ4n) is 1.74. The Morgan fingerprint density at radius 1 is 1.48 bits per heavy atom. The molecule has 1 rings (SSSR count). The highest BCUT2D eigenvalue weighted by Crippen LogP contribution is 2.20. The normalized spacial score (nSPS) is 10.0. The highest BCUT2D eigenvalue weighted by Gasteiger charge is 2.19. The van der Waals surface area contributed by atoms with Gasteiger partial charge in [0.05, 0.1) is 13.0 Å². The zero-order valence-corrected chi connectivity index (χ0v) is 12.5. The lowest BCUT2D eigenvalue weighted by Gasteiger charge is -2.20. The van der Waals surface area contributed by atoms with E-state index in [4.69, 9.17) is 16.3 Å². The summed E-state index contributed by atoms with van der Waals surface area (Å²) in [6, 6.07) is 4.21. The lowest BCUT2D eigenvalue weighted by Crippen LogP contribution is -2.37. The van der Waals surface area contributed by atoms with Gasteiger partial charge in [0.25, 0.3) is 0 Å². The molecule has 6 heteroatoms. The molecule has 0 spiro atoms. The van der Waals surface area contributed by atoms with Gasteiger partial charge in [-0.1, -0.05) is 23.7 Å². The second-order valence-corrected chi connectivity index (χ2v) is 4.65. The summed E-state index contributed by atoms with van der Waals surface area (Å²) in [4.78, 5) is 24.9. The second-order valence-electron chi connectivity index (χ2n) is 4.24. The van der Waals surface area contributed by atoms with Gasteiger partial charge >= 0.3 is 5.97 Å². The van der Waals surface area contributed by atoms with E-state index in [9.17, 15) is 14.0 Å². The van der Waals surface area contributed by atoms with Crippen LogP contribution in [-0.2, 0) is 20.7 Å². The molecular weight excluding hydrogens is 297 g/mol. The van der Waals surface area contributed by atoms with Gasteiger partial charge in [-0.3, -0.25) is 9.59 Å². The number of amides is 1. The third kappa shape index (κ3) is 5.19. The molecule has 0 atom stereocenters. The summed E-state index contributed by atoms with van der Waals surface area (Å²) < 4.78 is 18.5. The van der Waals surface area contributed by atoms with E-state index in [0.717, 1.165) is 0 Å². The monoisotopic (exact) mass is 313 g/mol. The first-order valence-electron chi connectivity index (χ1n) is 6.46. The van der Waals surface area contributed by atoms with Crippen LogP contribution in [0.15, 0.2) is 30.9 Å². The molecule has 21 heavy (non-hydrogen) atoms. The lowest BCUT2D eigenvalue weighted by atomic mass is 10.1. The number of esters is 1. The largest absolute Gasteiger partial charge is 0.465 e. The van der Waals surface area contributed by atoms with Crippen molar-refractivity contribution >= 4 is 23.5 Å². The Bertz CT molecular complexity index is 513. The molecule has 0 aliphatic heterocycles. The number of halogens is 2. The van der Waals surface area contributed by atoms with Gasteiger partial charge in [-0.15, -0.1) is 6.58 Å².